The van der Waals surface area contributed by atoms with Gasteiger partial charge in [-0.15, -0.1) is 0 Å². The predicted octanol–water partition coefficient (Wildman–Crippen LogP) is 2.56. The highest BCUT2D eigenvalue weighted by molar-refractivity contribution is 6.04. The Morgan fingerprint density at radius 2 is 2.14 bits per heavy atom. The summed E-state index contributed by atoms with van der Waals surface area (Å²) in [6, 6.07) is 8.09. The molecule has 0 unspecified atom stereocenters. The maximum Gasteiger partial charge on any atom is 0.275 e. The van der Waals surface area contributed by atoms with Gasteiger partial charge in [-0.2, -0.15) is 5.10 Å². The van der Waals surface area contributed by atoms with Gasteiger partial charge in [0.15, 0.2) is 5.69 Å². The summed E-state index contributed by atoms with van der Waals surface area (Å²) in [6.07, 6.45) is 7.14. The van der Waals surface area contributed by atoms with Gasteiger partial charge in [0.05, 0.1) is 12.1 Å². The highest BCUT2D eigenvalue weighted by Gasteiger charge is 2.58. The highest BCUT2D eigenvalue weighted by atomic mass is 16.2. The number of carbonyl (C=O) groups is 1. The van der Waals surface area contributed by atoms with E-state index < -0.39 is 0 Å². The van der Waals surface area contributed by atoms with E-state index in [1.54, 1.807) is 0 Å². The molecule has 1 aliphatic heterocycles. The molecule has 28 heavy (non-hydrogen) atoms. The number of imidazole rings is 1. The summed E-state index contributed by atoms with van der Waals surface area (Å²) >= 11 is 0. The highest BCUT2D eigenvalue weighted by Crippen LogP contribution is 2.56. The molecule has 3 aromatic rings. The minimum absolute atomic E-state index is 0.00325. The van der Waals surface area contributed by atoms with Crippen LogP contribution in [0.5, 0.6) is 0 Å². The second kappa shape index (κ2) is 6.74. The number of aromatic nitrogens is 4. The SMILES string of the molecule is CCn1ccnc1CN(C(=O)c1n[nH]c2ccccc12)[C@H]1CC12CCNCC2. The normalized spacial score (nSPS) is 20.5. The summed E-state index contributed by atoms with van der Waals surface area (Å²) in [5, 5.41) is 11.7. The number of aromatic amines is 1. The average Bonchev–Trinajstić information content (AvgIpc) is 3.10. The smallest absolute Gasteiger partial charge is 0.275 e. The molecule has 2 aliphatic rings. The molecular formula is C21H26N6O. The predicted molar refractivity (Wildman–Crippen MR) is 107 cm³/mol. The van der Waals surface area contributed by atoms with Crippen LogP contribution < -0.4 is 5.32 Å². The molecule has 5 rings (SSSR count). The third-order valence-corrected chi connectivity index (χ3v) is 6.51. The summed E-state index contributed by atoms with van der Waals surface area (Å²) in [5.74, 6) is 0.940. The van der Waals surface area contributed by atoms with E-state index in [4.69, 9.17) is 0 Å². The molecule has 7 heteroatoms. The van der Waals surface area contributed by atoms with Crippen molar-refractivity contribution in [3.8, 4) is 0 Å². The Kier molecular flexibility index (Phi) is 4.19. The second-order valence-electron chi connectivity index (χ2n) is 8.01. The largest absolute Gasteiger partial charge is 0.334 e. The summed E-state index contributed by atoms with van der Waals surface area (Å²) < 4.78 is 2.11. The minimum Gasteiger partial charge on any atom is -0.334 e. The lowest BCUT2D eigenvalue weighted by molar-refractivity contribution is 0.0681. The fourth-order valence-electron chi connectivity index (χ4n) is 4.75. The number of hydrogen-bond donors (Lipinski definition) is 2. The molecule has 1 aromatic carbocycles. The van der Waals surface area contributed by atoms with Crippen LogP contribution in [0.15, 0.2) is 36.7 Å². The Hall–Kier alpha value is -2.67. The number of fused-ring (bicyclic) bond motifs is 1. The molecule has 1 amide bonds. The van der Waals surface area contributed by atoms with E-state index >= 15 is 0 Å². The van der Waals surface area contributed by atoms with Crippen molar-refractivity contribution in [1.29, 1.82) is 0 Å². The molecule has 1 saturated carbocycles. The number of carbonyl (C=O) groups excluding carboxylic acids is 1. The summed E-state index contributed by atoms with van der Waals surface area (Å²) in [6.45, 7) is 5.55. The van der Waals surface area contributed by atoms with E-state index in [0.717, 1.165) is 55.6 Å². The first-order valence-electron chi connectivity index (χ1n) is 10.2. The molecule has 0 radical (unpaired) electrons. The topological polar surface area (TPSA) is 78.8 Å². The number of aryl methyl sites for hydroxylation is 1. The minimum atomic E-state index is 0.00325. The van der Waals surface area contributed by atoms with Gasteiger partial charge in [-0.1, -0.05) is 18.2 Å². The van der Waals surface area contributed by atoms with Crippen molar-refractivity contribution < 1.29 is 4.79 Å². The number of benzene rings is 1. The van der Waals surface area contributed by atoms with Crippen LogP contribution in [0, 0.1) is 5.41 Å². The van der Waals surface area contributed by atoms with Crippen molar-refractivity contribution in [3.05, 3.63) is 48.2 Å². The fourth-order valence-corrected chi connectivity index (χ4v) is 4.75. The van der Waals surface area contributed by atoms with Crippen molar-refractivity contribution in [2.75, 3.05) is 13.1 Å². The maximum absolute atomic E-state index is 13.6. The van der Waals surface area contributed by atoms with Crippen molar-refractivity contribution in [1.82, 2.24) is 30.0 Å². The van der Waals surface area contributed by atoms with E-state index in [1.807, 2.05) is 41.6 Å². The second-order valence-corrected chi connectivity index (χ2v) is 8.01. The first-order chi connectivity index (χ1) is 13.7. The number of piperidine rings is 1. The molecule has 1 spiro atoms. The molecule has 146 valence electrons. The Bertz CT molecular complexity index is 999. The van der Waals surface area contributed by atoms with E-state index in [1.165, 1.54) is 0 Å². The van der Waals surface area contributed by atoms with Crippen molar-refractivity contribution in [3.63, 3.8) is 0 Å². The zero-order chi connectivity index (χ0) is 19.1. The van der Waals surface area contributed by atoms with Crippen LogP contribution in [0.1, 0.15) is 42.5 Å². The Balaban J connectivity index is 1.49. The molecule has 1 saturated heterocycles. The zero-order valence-corrected chi connectivity index (χ0v) is 16.2. The van der Waals surface area contributed by atoms with Crippen LogP contribution in [0.2, 0.25) is 0 Å². The number of hydrogen-bond acceptors (Lipinski definition) is 4. The van der Waals surface area contributed by atoms with Gasteiger partial charge in [0.1, 0.15) is 5.82 Å². The monoisotopic (exact) mass is 378 g/mol. The molecule has 2 N–H and O–H groups in total. The third-order valence-electron chi connectivity index (χ3n) is 6.51. The molecule has 7 nitrogen and oxygen atoms in total. The van der Waals surface area contributed by atoms with Gasteiger partial charge in [-0.05, 0) is 50.8 Å². The van der Waals surface area contributed by atoms with Gasteiger partial charge in [0.25, 0.3) is 5.91 Å². The number of H-pyrrole nitrogens is 1. The zero-order valence-electron chi connectivity index (χ0n) is 16.2. The molecule has 3 heterocycles. The molecule has 1 aliphatic carbocycles. The van der Waals surface area contributed by atoms with Gasteiger partial charge in [-0.25, -0.2) is 4.98 Å². The van der Waals surface area contributed by atoms with Crippen LogP contribution in [-0.4, -0.2) is 49.7 Å². The fraction of sp³-hybridized carbons (Fsp3) is 0.476. The summed E-state index contributed by atoms with van der Waals surface area (Å²) in [5.41, 5.74) is 1.67. The van der Waals surface area contributed by atoms with Gasteiger partial charge in [0, 0.05) is 30.4 Å². The lowest BCUT2D eigenvalue weighted by Crippen LogP contribution is -2.39. The molecular weight excluding hydrogens is 352 g/mol. The third kappa shape index (κ3) is 2.81. The van der Waals surface area contributed by atoms with Gasteiger partial charge < -0.3 is 14.8 Å². The van der Waals surface area contributed by atoms with E-state index in [0.29, 0.717) is 12.2 Å². The number of para-hydroxylation sites is 1. The number of rotatable bonds is 5. The molecule has 2 fully saturated rings. The van der Waals surface area contributed by atoms with Crippen molar-refractivity contribution in [2.24, 2.45) is 5.41 Å². The average molecular weight is 378 g/mol. The van der Waals surface area contributed by atoms with Crippen molar-refractivity contribution in [2.45, 2.75) is 45.3 Å². The van der Waals surface area contributed by atoms with Gasteiger partial charge >= 0.3 is 0 Å². The van der Waals surface area contributed by atoms with Gasteiger partial charge in [-0.3, -0.25) is 9.89 Å². The van der Waals surface area contributed by atoms with E-state index in [-0.39, 0.29) is 17.4 Å². The summed E-state index contributed by atoms with van der Waals surface area (Å²) in [7, 11) is 0. The van der Waals surface area contributed by atoms with Gasteiger partial charge in [0.2, 0.25) is 0 Å². The number of amides is 1. The lowest BCUT2D eigenvalue weighted by Gasteiger charge is -2.29. The molecule has 0 bridgehead atoms. The van der Waals surface area contributed by atoms with Crippen LogP contribution in [0.25, 0.3) is 10.9 Å². The quantitative estimate of drug-likeness (QED) is 0.715. The van der Waals surface area contributed by atoms with Crippen LogP contribution in [0.4, 0.5) is 0 Å². The molecule has 1 atom stereocenters. The van der Waals surface area contributed by atoms with Crippen LogP contribution in [0.3, 0.4) is 0 Å². The van der Waals surface area contributed by atoms with Crippen LogP contribution in [-0.2, 0) is 13.1 Å². The van der Waals surface area contributed by atoms with E-state index in [2.05, 4.69) is 32.0 Å². The van der Waals surface area contributed by atoms with E-state index in [9.17, 15) is 4.79 Å². The Morgan fingerprint density at radius 1 is 1.32 bits per heavy atom. The Labute approximate surface area is 164 Å². The van der Waals surface area contributed by atoms with Crippen LogP contribution >= 0.6 is 0 Å². The first kappa shape index (κ1) is 17.4. The summed E-state index contributed by atoms with van der Waals surface area (Å²) in [4.78, 5) is 20.2. The van der Waals surface area contributed by atoms with Crippen molar-refractivity contribution >= 4 is 16.8 Å². The lowest BCUT2D eigenvalue weighted by atomic mass is 9.93. The maximum atomic E-state index is 13.6. The first-order valence-corrected chi connectivity index (χ1v) is 10.2. The Morgan fingerprint density at radius 3 is 2.96 bits per heavy atom. The number of nitrogens with zero attached hydrogens (tertiary/aromatic N) is 4. The number of nitrogens with one attached hydrogen (secondary N) is 2. The molecule has 2 aromatic heterocycles. The standard InChI is InChI=1S/C21H26N6O/c1-2-26-12-11-23-18(26)14-27(17-13-21(17)7-9-22-10-8-21)20(28)19-15-5-3-4-6-16(15)24-25-19/h3-6,11-12,17,22H,2,7-10,13-14H2,1H3,(H,24,25)/t17-/m0/s1.